The second-order valence-corrected chi connectivity index (χ2v) is 2.90. The number of nitrogen functional groups attached to an aromatic ring is 1. The third-order valence-corrected chi connectivity index (χ3v) is 1.78. The molecule has 5 heteroatoms. The molecule has 0 aliphatic carbocycles. The largest absolute Gasteiger partial charge is 0.397 e. The molecule has 0 aromatic heterocycles. The first-order valence-corrected chi connectivity index (χ1v) is 3.76. The molecule has 0 aliphatic heterocycles. The van der Waals surface area contributed by atoms with E-state index in [1.807, 2.05) is 25.2 Å². The smallest absolute Gasteiger partial charge is 0.0572 e. The van der Waals surface area contributed by atoms with Crippen LogP contribution < -0.4 is 11.1 Å². The van der Waals surface area contributed by atoms with Gasteiger partial charge in [0.25, 0.3) is 0 Å². The zero-order chi connectivity index (χ0) is 7.56. The van der Waals surface area contributed by atoms with E-state index in [4.69, 9.17) is 5.73 Å². The predicted molar refractivity (Wildman–Crippen MR) is 62.6 cm³/mol. The summed E-state index contributed by atoms with van der Waals surface area (Å²) in [7, 11) is 1.85. The molecule has 1 aromatic rings. The average molecular weight is 274 g/mol. The molecule has 0 fully saturated rings. The molecule has 0 heterocycles. The van der Waals surface area contributed by atoms with Crippen molar-refractivity contribution in [2.45, 2.75) is 0 Å². The van der Waals surface area contributed by atoms with Gasteiger partial charge in [-0.15, -0.1) is 24.8 Å². The summed E-state index contributed by atoms with van der Waals surface area (Å²) in [5.74, 6) is 0. The number of nitrogens with two attached hydrogens (primary N) is 1. The summed E-state index contributed by atoms with van der Waals surface area (Å²) >= 11 is 3.32. The van der Waals surface area contributed by atoms with Gasteiger partial charge in [-0.2, -0.15) is 0 Å². The third kappa shape index (κ3) is 3.52. The number of rotatable bonds is 1. The molecule has 12 heavy (non-hydrogen) atoms. The summed E-state index contributed by atoms with van der Waals surface area (Å²) in [6.07, 6.45) is 0. The van der Waals surface area contributed by atoms with Gasteiger partial charge >= 0.3 is 0 Å². The number of anilines is 2. The summed E-state index contributed by atoms with van der Waals surface area (Å²) in [4.78, 5) is 0. The maximum atomic E-state index is 5.64. The summed E-state index contributed by atoms with van der Waals surface area (Å²) in [6, 6.07) is 5.74. The van der Waals surface area contributed by atoms with E-state index >= 15 is 0 Å². The number of nitrogens with one attached hydrogen (secondary N) is 1. The van der Waals surface area contributed by atoms with Crippen LogP contribution in [-0.4, -0.2) is 7.05 Å². The van der Waals surface area contributed by atoms with Crippen LogP contribution in [0, 0.1) is 0 Å². The number of halogens is 3. The van der Waals surface area contributed by atoms with Crippen LogP contribution in [0.3, 0.4) is 0 Å². The van der Waals surface area contributed by atoms with Gasteiger partial charge in [-0.25, -0.2) is 0 Å². The summed E-state index contributed by atoms with van der Waals surface area (Å²) < 4.78 is 1.00. The lowest BCUT2D eigenvalue weighted by Gasteiger charge is -2.03. The Morgan fingerprint density at radius 1 is 1.33 bits per heavy atom. The molecule has 1 rings (SSSR count). The molecule has 2 nitrogen and oxygen atoms in total. The molecular weight excluding hydrogens is 263 g/mol. The van der Waals surface area contributed by atoms with Crippen LogP contribution in [0.25, 0.3) is 0 Å². The van der Waals surface area contributed by atoms with Gasteiger partial charge < -0.3 is 11.1 Å². The Hall–Kier alpha value is -0.120. The van der Waals surface area contributed by atoms with Crippen molar-refractivity contribution in [3.8, 4) is 0 Å². The Labute approximate surface area is 92.9 Å². The normalized spacial score (nSPS) is 7.83. The van der Waals surface area contributed by atoms with E-state index in [0.717, 1.165) is 15.8 Å². The fourth-order valence-electron chi connectivity index (χ4n) is 0.761. The number of benzene rings is 1. The van der Waals surface area contributed by atoms with Crippen LogP contribution in [0.2, 0.25) is 0 Å². The Morgan fingerprint density at radius 2 is 1.92 bits per heavy atom. The van der Waals surface area contributed by atoms with E-state index in [1.54, 1.807) is 0 Å². The minimum Gasteiger partial charge on any atom is -0.397 e. The van der Waals surface area contributed by atoms with E-state index in [2.05, 4.69) is 21.2 Å². The first kappa shape index (κ1) is 14.4. The van der Waals surface area contributed by atoms with Crippen molar-refractivity contribution in [1.29, 1.82) is 0 Å². The monoisotopic (exact) mass is 272 g/mol. The predicted octanol–water partition coefficient (Wildman–Crippen LogP) is 2.92. The minimum atomic E-state index is 0. The van der Waals surface area contributed by atoms with Crippen LogP contribution >= 0.6 is 40.7 Å². The van der Waals surface area contributed by atoms with Gasteiger partial charge in [-0.05, 0) is 18.2 Å². The Bertz CT molecular complexity index is 243. The van der Waals surface area contributed by atoms with Crippen molar-refractivity contribution in [1.82, 2.24) is 0 Å². The third-order valence-electron chi connectivity index (χ3n) is 1.28. The maximum absolute atomic E-state index is 5.64. The molecule has 0 saturated carbocycles. The summed E-state index contributed by atoms with van der Waals surface area (Å²) in [5, 5.41) is 2.98. The zero-order valence-corrected chi connectivity index (χ0v) is 9.72. The highest BCUT2D eigenvalue weighted by atomic mass is 79.9. The highest BCUT2D eigenvalue weighted by molar-refractivity contribution is 9.10. The van der Waals surface area contributed by atoms with Gasteiger partial charge in [-0.1, -0.05) is 15.9 Å². The number of hydrogen-bond acceptors (Lipinski definition) is 2. The van der Waals surface area contributed by atoms with Gasteiger partial charge in [0.2, 0.25) is 0 Å². The lowest BCUT2D eigenvalue weighted by atomic mass is 10.3. The van der Waals surface area contributed by atoms with Crippen molar-refractivity contribution < 1.29 is 0 Å². The highest BCUT2D eigenvalue weighted by Gasteiger charge is 1.94. The van der Waals surface area contributed by atoms with E-state index in [1.165, 1.54) is 0 Å². The van der Waals surface area contributed by atoms with E-state index in [0.29, 0.717) is 0 Å². The number of hydrogen-bond donors (Lipinski definition) is 2. The average Bonchev–Trinajstić information content (AvgIpc) is 1.88. The van der Waals surface area contributed by atoms with Crippen LogP contribution in [0.1, 0.15) is 0 Å². The van der Waals surface area contributed by atoms with Crippen molar-refractivity contribution in [3.63, 3.8) is 0 Å². The molecular formula is C7H11BrCl2N2. The lowest BCUT2D eigenvalue weighted by Crippen LogP contribution is -1.94. The minimum absolute atomic E-state index is 0. The molecule has 70 valence electrons. The van der Waals surface area contributed by atoms with Gasteiger partial charge in [0, 0.05) is 11.5 Å². The van der Waals surface area contributed by atoms with E-state index in [9.17, 15) is 0 Å². The van der Waals surface area contributed by atoms with E-state index < -0.39 is 0 Å². The molecule has 0 unspecified atom stereocenters. The van der Waals surface area contributed by atoms with Crippen molar-refractivity contribution in [2.75, 3.05) is 18.1 Å². The fraction of sp³-hybridized carbons (Fsp3) is 0.143. The molecule has 0 spiro atoms. The van der Waals surface area contributed by atoms with Crippen LogP contribution in [0.15, 0.2) is 22.7 Å². The topological polar surface area (TPSA) is 38.0 Å². The van der Waals surface area contributed by atoms with Crippen molar-refractivity contribution in [2.24, 2.45) is 0 Å². The maximum Gasteiger partial charge on any atom is 0.0572 e. The van der Waals surface area contributed by atoms with Crippen LogP contribution in [-0.2, 0) is 0 Å². The van der Waals surface area contributed by atoms with Crippen molar-refractivity contribution >= 4 is 52.1 Å². The second-order valence-electron chi connectivity index (χ2n) is 1.98. The molecule has 0 atom stereocenters. The molecule has 0 radical (unpaired) electrons. The summed E-state index contributed by atoms with van der Waals surface area (Å²) in [5.41, 5.74) is 7.36. The Morgan fingerprint density at radius 3 is 2.33 bits per heavy atom. The first-order chi connectivity index (χ1) is 4.74. The van der Waals surface area contributed by atoms with Crippen molar-refractivity contribution in [3.05, 3.63) is 22.7 Å². The molecule has 1 aromatic carbocycles. The van der Waals surface area contributed by atoms with Gasteiger partial charge in [0.1, 0.15) is 0 Å². The molecule has 0 bridgehead atoms. The second kappa shape index (κ2) is 6.40. The SMILES string of the molecule is CNc1ccc(Br)cc1N.Cl.Cl. The zero-order valence-electron chi connectivity index (χ0n) is 6.50. The molecule has 0 amide bonds. The standard InChI is InChI=1S/C7H9BrN2.2ClH/c1-10-7-3-2-5(8)4-6(7)9;;/h2-4,10H,9H2,1H3;2*1H. The van der Waals surface area contributed by atoms with E-state index in [-0.39, 0.29) is 24.8 Å². The Kier molecular flexibility index (Phi) is 7.69. The Balaban J connectivity index is 0. The highest BCUT2D eigenvalue weighted by Crippen LogP contribution is 2.21. The molecule has 3 N–H and O–H groups in total. The summed E-state index contributed by atoms with van der Waals surface area (Å²) in [6.45, 7) is 0. The first-order valence-electron chi connectivity index (χ1n) is 2.97. The molecule has 0 aliphatic rings. The van der Waals surface area contributed by atoms with Gasteiger partial charge in [-0.3, -0.25) is 0 Å². The molecule has 0 saturated heterocycles. The lowest BCUT2D eigenvalue weighted by molar-refractivity contribution is 1.50. The van der Waals surface area contributed by atoms with Gasteiger partial charge in [0.05, 0.1) is 11.4 Å². The van der Waals surface area contributed by atoms with Gasteiger partial charge in [0.15, 0.2) is 0 Å². The van der Waals surface area contributed by atoms with Crippen LogP contribution in [0.4, 0.5) is 11.4 Å². The van der Waals surface area contributed by atoms with Crippen LogP contribution in [0.5, 0.6) is 0 Å². The fourth-order valence-corrected chi connectivity index (χ4v) is 1.14. The quantitative estimate of drug-likeness (QED) is 0.773.